The van der Waals surface area contributed by atoms with Gasteiger partial charge in [-0.05, 0) is 140 Å². The number of hydrogen-bond acceptors (Lipinski definition) is 12. The molecule has 0 spiro atoms. The van der Waals surface area contributed by atoms with E-state index in [9.17, 15) is 130 Å². The number of rotatable bonds is 24. The fourth-order valence-corrected chi connectivity index (χ4v) is 7.25. The minimum Gasteiger partial charge on any atom is -0.460 e. The highest BCUT2D eigenvalue weighted by atomic mass is 19.2. The molecule has 0 fully saturated rings. The van der Waals surface area contributed by atoms with E-state index in [0.29, 0.717) is 56.7 Å². The van der Waals surface area contributed by atoms with Crippen LogP contribution in [0.15, 0.2) is 42.5 Å². The summed E-state index contributed by atoms with van der Waals surface area (Å²) in [5.74, 6) is -40.9. The number of carbonyl (C=O) groups excluding carboxylic acids is 6. The maximum absolute atomic E-state index is 13.3. The van der Waals surface area contributed by atoms with Crippen molar-refractivity contribution in [2.24, 2.45) is 32.5 Å². The van der Waals surface area contributed by atoms with E-state index in [1.807, 2.05) is 6.92 Å². The van der Waals surface area contributed by atoms with Gasteiger partial charge in [-0.25, -0.2) is 101 Å². The Labute approximate surface area is 725 Å². The number of ether oxygens (including phenoxy) is 6. The van der Waals surface area contributed by atoms with Crippen molar-refractivity contribution in [2.75, 3.05) is 0 Å². The first-order valence-corrected chi connectivity index (χ1v) is 34.1. The van der Waals surface area contributed by atoms with Gasteiger partial charge in [0.1, 0.15) is 62.9 Å². The molecule has 12 nitrogen and oxygen atoms in total. The Morgan fingerprint density at radius 1 is 0.208 bits per heavy atom. The van der Waals surface area contributed by atoms with Crippen LogP contribution in [0.4, 0.5) is 101 Å². The molecule has 6 rings (SSSR count). The van der Waals surface area contributed by atoms with Crippen LogP contribution in [-0.4, -0.2) is 35.8 Å². The van der Waals surface area contributed by atoms with Crippen LogP contribution in [0.2, 0.25) is 0 Å². The minimum absolute atomic E-state index is 0. The van der Waals surface area contributed by atoms with Gasteiger partial charge in [0.15, 0.2) is 105 Å². The third kappa shape index (κ3) is 39.5. The lowest BCUT2D eigenvalue weighted by Gasteiger charge is -2.20. The van der Waals surface area contributed by atoms with Crippen molar-refractivity contribution < 1.29 is 158 Å². The van der Waals surface area contributed by atoms with Crippen LogP contribution in [-0.2, 0) is 96.8 Å². The largest absolute Gasteiger partial charge is 0.460 e. The summed E-state index contributed by atoms with van der Waals surface area (Å²) in [5.41, 5.74) is -8.83. The molecule has 0 unspecified atom stereocenters. The molecule has 35 heteroatoms. The summed E-state index contributed by atoms with van der Waals surface area (Å²) in [7, 11) is 0. The van der Waals surface area contributed by atoms with Crippen LogP contribution in [0.3, 0.4) is 0 Å². The maximum Gasteiger partial charge on any atom is 0.311 e. The third-order valence-corrected chi connectivity index (χ3v) is 17.8. The predicted molar refractivity (Wildman–Crippen MR) is 442 cm³/mol. The zero-order chi connectivity index (χ0) is 87.9. The van der Waals surface area contributed by atoms with E-state index in [1.54, 1.807) is 104 Å². The van der Waals surface area contributed by atoms with Crippen molar-refractivity contribution >= 4 is 35.8 Å². The first-order valence-electron chi connectivity index (χ1n) is 34.1. The molecule has 0 aliphatic carbocycles. The Morgan fingerprint density at radius 2 is 0.408 bits per heavy atom. The summed E-state index contributed by atoms with van der Waals surface area (Å²) in [5, 5.41) is 0. The molecule has 0 saturated heterocycles. The molecule has 0 aromatic heterocycles. The maximum atomic E-state index is 13.3. The minimum atomic E-state index is -2.25. The average Bonchev–Trinajstić information content (AvgIpc) is 0.801. The monoisotopic (exact) mass is 1840 g/mol. The van der Waals surface area contributed by atoms with Gasteiger partial charge in [0.05, 0.1) is 54.7 Å². The summed E-state index contributed by atoms with van der Waals surface area (Å²) >= 11 is 0. The highest BCUT2D eigenvalue weighted by molar-refractivity contribution is 5.78. The Kier molecular flexibility index (Phi) is 68.1. The van der Waals surface area contributed by atoms with Gasteiger partial charge in [-0.15, -0.1) is 0 Å². The highest BCUT2D eigenvalue weighted by Gasteiger charge is 2.35. The van der Waals surface area contributed by atoms with Crippen LogP contribution in [0, 0.1) is 166 Å². The number of hydrogen-bond donors (Lipinski definition) is 0. The highest BCUT2D eigenvalue weighted by Crippen LogP contribution is 2.32. The van der Waals surface area contributed by atoms with Gasteiger partial charge in [0.2, 0.25) is 5.82 Å². The van der Waals surface area contributed by atoms with Gasteiger partial charge < -0.3 is 28.4 Å². The van der Waals surface area contributed by atoms with Gasteiger partial charge in [0, 0.05) is 35.4 Å². The molecule has 0 amide bonds. The van der Waals surface area contributed by atoms with Crippen LogP contribution in [0.25, 0.3) is 0 Å². The van der Waals surface area contributed by atoms with Gasteiger partial charge in [-0.1, -0.05) is 131 Å². The van der Waals surface area contributed by atoms with Crippen LogP contribution >= 0.6 is 0 Å². The van der Waals surface area contributed by atoms with E-state index in [0.717, 1.165) is 12.1 Å². The summed E-state index contributed by atoms with van der Waals surface area (Å²) < 4.78 is 329. The second-order valence-corrected chi connectivity index (χ2v) is 28.5. The molecule has 6 aromatic carbocycles. The van der Waals surface area contributed by atoms with Crippen LogP contribution < -0.4 is 0 Å². The second kappa shape index (κ2) is 60.2. The lowest BCUT2D eigenvalue weighted by molar-refractivity contribution is -0.156. The lowest BCUT2D eigenvalue weighted by Crippen LogP contribution is -2.26. The van der Waals surface area contributed by atoms with E-state index >= 15 is 0 Å². The van der Waals surface area contributed by atoms with Gasteiger partial charge in [-0.2, -0.15) is 0 Å². The lowest BCUT2D eigenvalue weighted by atomic mass is 9.91. The second-order valence-electron chi connectivity index (χ2n) is 28.5. The van der Waals surface area contributed by atoms with Gasteiger partial charge in [-0.3, -0.25) is 28.8 Å². The predicted octanol–water partition coefficient (Wildman–Crippen LogP) is 29.8. The van der Waals surface area contributed by atoms with E-state index in [2.05, 4.69) is 4.74 Å². The Hall–Kier alpha value is -9.47. The Balaban J connectivity index is -0.000000120. The van der Waals surface area contributed by atoms with Gasteiger partial charge in [0.25, 0.3) is 0 Å². The molecule has 0 saturated carbocycles. The molecule has 0 atom stereocenters. The number of benzene rings is 6. The summed E-state index contributed by atoms with van der Waals surface area (Å²) in [6, 6.07) is 3.75. The molecular formula is C90H133F23O12. The van der Waals surface area contributed by atoms with Crippen molar-refractivity contribution in [1.82, 2.24) is 0 Å². The number of halogens is 23. The van der Waals surface area contributed by atoms with Crippen molar-refractivity contribution in [2.45, 2.75) is 292 Å². The Morgan fingerprint density at radius 3 is 0.720 bits per heavy atom. The normalized spacial score (nSPS) is 10.4. The average molecular weight is 1840 g/mol. The molecule has 0 radical (unpaired) electrons. The standard InChI is InChI=1S/C13H13F5O2.3C13H14F4O2.2C13H15F3O2.12CH4/c1-4-13(2,3)12(19)20-5-6-7(14)9(16)11(18)10(17)8(6)15;1-4-13(2,3)12(18)19-6-7-10(16)8(14)5-9(15)11(7)17;1-4-13(2,3)12(18)19-6-7-8(14)5-9(15)11(17)10(7)16;1-4-13(2,3)12(18)19-6-7-5-8(14)10(16)11(17)9(7)15;1-4-13(2,3)12(17)18-7-9-10(15)5-8(14)6-11(9)16;1-4-13(2,3)12(17)18-7-8-5-6-9(14)11(16)10(8)15;;;;;;;;;;;;/h4-5H2,1-3H3;3*5H,4,6H2,1-3H3;2*5-6H,4,7H2,1-3H3;12*1H4. The molecule has 6 aromatic rings. The molecule has 0 heterocycles. The summed E-state index contributed by atoms with van der Waals surface area (Å²) in [4.78, 5) is 69.7. The molecule has 0 N–H and O–H groups in total. The molecule has 726 valence electrons. The van der Waals surface area contributed by atoms with Crippen molar-refractivity contribution in [1.29, 1.82) is 0 Å². The van der Waals surface area contributed by atoms with Crippen LogP contribution in [0.5, 0.6) is 0 Å². The van der Waals surface area contributed by atoms with Crippen molar-refractivity contribution in [3.05, 3.63) is 210 Å². The molecule has 0 aliphatic rings. The molecule has 0 bridgehead atoms. The summed E-state index contributed by atoms with van der Waals surface area (Å²) in [6.07, 6.45) is 2.90. The SMILES string of the molecule is C.C.C.C.C.C.C.C.C.C.C.C.CCC(C)(C)C(=O)OCc1c(F)c(F)c(F)c(F)c1F.CCC(C)(C)C(=O)OCc1c(F)c(F)cc(F)c1F.CCC(C)(C)C(=O)OCc1c(F)cc(F)c(F)c1F.CCC(C)(C)C(=O)OCc1c(F)cc(F)cc1F.CCC(C)(C)C(=O)OCc1cc(F)c(F)c(F)c1F.CCC(C)(C)C(=O)OCc1ccc(F)c(F)c1F. The third-order valence-electron chi connectivity index (χ3n) is 17.8. The fourth-order valence-electron chi connectivity index (χ4n) is 7.25. The Bertz CT molecular complexity index is 4280. The first kappa shape index (κ1) is 141. The van der Waals surface area contributed by atoms with Crippen LogP contribution in [0.1, 0.15) is 286 Å². The zero-order valence-electron chi connectivity index (χ0n) is 64.6. The van der Waals surface area contributed by atoms with E-state index < -0.39 is 270 Å². The fraction of sp³-hybridized carbons (Fsp3) is 0.533. The first-order chi connectivity index (χ1) is 51.8. The molecule has 0 aliphatic heterocycles. The zero-order valence-corrected chi connectivity index (χ0v) is 64.6. The molecular weight excluding hydrogens is 1710 g/mol. The van der Waals surface area contributed by atoms with E-state index in [4.69, 9.17) is 23.7 Å². The summed E-state index contributed by atoms with van der Waals surface area (Å²) in [6.45, 7) is 25.8. The number of esters is 6. The molecule has 125 heavy (non-hydrogen) atoms. The van der Waals surface area contributed by atoms with Crippen molar-refractivity contribution in [3.8, 4) is 0 Å². The smallest absolute Gasteiger partial charge is 0.311 e. The number of carbonyl (C=O) groups is 6. The van der Waals surface area contributed by atoms with E-state index in [1.165, 1.54) is 13.8 Å². The van der Waals surface area contributed by atoms with Crippen molar-refractivity contribution in [3.63, 3.8) is 0 Å². The van der Waals surface area contributed by atoms with Gasteiger partial charge >= 0.3 is 35.8 Å². The van der Waals surface area contributed by atoms with E-state index in [-0.39, 0.29) is 107 Å². The topological polar surface area (TPSA) is 158 Å². The quantitative estimate of drug-likeness (QED) is 0.0186.